The summed E-state index contributed by atoms with van der Waals surface area (Å²) in [5.41, 5.74) is 3.16. The second-order valence-corrected chi connectivity index (χ2v) is 18.5. The van der Waals surface area contributed by atoms with Crippen LogP contribution >= 0.6 is 0 Å². The van der Waals surface area contributed by atoms with Gasteiger partial charge in [-0.1, -0.05) is 138 Å². The van der Waals surface area contributed by atoms with Gasteiger partial charge in [0.1, 0.15) is 0 Å². The summed E-state index contributed by atoms with van der Waals surface area (Å²) in [5, 5.41) is 9.50. The predicted octanol–water partition coefficient (Wildman–Crippen LogP) is 7.77. The summed E-state index contributed by atoms with van der Waals surface area (Å²) in [6.07, 6.45) is 16.7. The number of ether oxygens (including phenoxy) is 1. The predicted molar refractivity (Wildman–Crippen MR) is 245 cm³/mol. The fourth-order valence-corrected chi connectivity index (χ4v) is 9.77. The molecule has 0 radical (unpaired) electrons. The van der Waals surface area contributed by atoms with Crippen LogP contribution in [0.2, 0.25) is 0 Å². The number of nitrogens with one attached hydrogen (secondary N) is 3. The summed E-state index contributed by atoms with van der Waals surface area (Å²) in [4.78, 5) is 71.7. The minimum atomic E-state index is -0.692. The lowest BCUT2D eigenvalue weighted by atomic mass is 9.94. The van der Waals surface area contributed by atoms with E-state index in [-0.39, 0.29) is 78.7 Å². The van der Waals surface area contributed by atoms with Crippen molar-refractivity contribution in [2.45, 2.75) is 139 Å². The number of carbonyl (C=O) groups is 5. The number of hydrogen-bond donors (Lipinski definition) is 3. The van der Waals surface area contributed by atoms with Crippen molar-refractivity contribution in [3.05, 3.63) is 107 Å². The summed E-state index contributed by atoms with van der Waals surface area (Å²) in [5.74, 6) is -1.83. The lowest BCUT2D eigenvalue weighted by molar-refractivity contribution is -0.133. The zero-order valence-electron chi connectivity index (χ0n) is 37.5. The van der Waals surface area contributed by atoms with Gasteiger partial charge in [-0.3, -0.25) is 24.0 Å². The van der Waals surface area contributed by atoms with Gasteiger partial charge in [-0.2, -0.15) is 0 Å². The van der Waals surface area contributed by atoms with Gasteiger partial charge in [0.05, 0.1) is 24.0 Å². The third kappa shape index (κ3) is 12.6. The van der Waals surface area contributed by atoms with E-state index >= 15 is 0 Å². The lowest BCUT2D eigenvalue weighted by Crippen LogP contribution is -2.43. The second kappa shape index (κ2) is 22.5. The van der Waals surface area contributed by atoms with E-state index < -0.39 is 11.8 Å². The van der Waals surface area contributed by atoms with Crippen LogP contribution in [0.15, 0.2) is 84.9 Å². The number of unbranched alkanes of at least 4 members (excludes halogenated alkanes) is 11. The Labute approximate surface area is 374 Å². The number of hydrogen-bond acceptors (Lipinski definition) is 6. The summed E-state index contributed by atoms with van der Waals surface area (Å²) in [7, 11) is 1.60. The third-order valence-electron chi connectivity index (χ3n) is 13.8. The largest absolute Gasteiger partial charge is 0.377 e. The molecule has 0 unspecified atom stereocenters. The van der Waals surface area contributed by atoms with Gasteiger partial charge in [-0.25, -0.2) is 0 Å². The highest BCUT2D eigenvalue weighted by Crippen LogP contribution is 2.42. The Balaban J connectivity index is 0.886. The molecule has 2 aliphatic heterocycles. The number of rotatable bonds is 23. The molecule has 63 heavy (non-hydrogen) atoms. The first-order valence-electron chi connectivity index (χ1n) is 24.0. The van der Waals surface area contributed by atoms with E-state index in [0.717, 1.165) is 32.1 Å². The molecule has 4 aliphatic rings. The molecule has 0 spiro atoms. The highest BCUT2D eigenvalue weighted by atomic mass is 16.5. The van der Waals surface area contributed by atoms with Gasteiger partial charge in [0, 0.05) is 74.8 Å². The van der Waals surface area contributed by atoms with E-state index in [1.54, 1.807) is 41.2 Å². The third-order valence-corrected chi connectivity index (χ3v) is 13.8. The van der Waals surface area contributed by atoms with Gasteiger partial charge in [-0.15, -0.1) is 0 Å². The quantitative estimate of drug-likeness (QED) is 0.0835. The van der Waals surface area contributed by atoms with Crippen LogP contribution in [-0.4, -0.2) is 96.9 Å². The fraction of sp³-hybridized carbons (Fsp3) is 0.558. The van der Waals surface area contributed by atoms with Crippen LogP contribution in [0.25, 0.3) is 0 Å². The number of likely N-dealkylation sites (tertiary alicyclic amines) is 2. The molecular weight excluding hydrogens is 791 g/mol. The van der Waals surface area contributed by atoms with E-state index in [1.807, 2.05) is 36.4 Å². The summed E-state index contributed by atoms with van der Waals surface area (Å²) >= 11 is 0. The lowest BCUT2D eigenvalue weighted by Gasteiger charge is -2.18. The van der Waals surface area contributed by atoms with Crippen molar-refractivity contribution in [1.29, 1.82) is 0 Å². The van der Waals surface area contributed by atoms with Crippen LogP contribution in [0, 0.1) is 11.8 Å². The molecule has 338 valence electrons. The van der Waals surface area contributed by atoms with Crippen molar-refractivity contribution in [1.82, 2.24) is 25.8 Å². The molecule has 5 amide bonds. The summed E-state index contributed by atoms with van der Waals surface area (Å²) < 4.78 is 5.70. The molecule has 2 saturated carbocycles. The molecule has 8 atom stereocenters. The van der Waals surface area contributed by atoms with Gasteiger partial charge in [0.15, 0.2) is 0 Å². The molecule has 3 aromatic rings. The minimum Gasteiger partial charge on any atom is -0.377 e. The zero-order chi connectivity index (χ0) is 44.1. The Morgan fingerprint density at radius 3 is 1.40 bits per heavy atom. The second-order valence-electron chi connectivity index (χ2n) is 18.5. The Morgan fingerprint density at radius 1 is 0.524 bits per heavy atom. The number of amides is 5. The Hall–Kier alpha value is -5.03. The minimum absolute atomic E-state index is 0.00488. The number of methoxy groups -OCH3 is 1. The molecule has 11 heteroatoms. The average Bonchev–Trinajstić information content (AvgIpc) is 4.16. The van der Waals surface area contributed by atoms with Crippen molar-refractivity contribution in [3.8, 4) is 0 Å². The molecule has 0 bridgehead atoms. The van der Waals surface area contributed by atoms with Gasteiger partial charge >= 0.3 is 0 Å². The smallest absolute Gasteiger partial charge is 0.254 e. The van der Waals surface area contributed by atoms with Gasteiger partial charge in [0.25, 0.3) is 11.8 Å². The summed E-state index contributed by atoms with van der Waals surface area (Å²) in [6.45, 7) is 3.18. The molecule has 2 heterocycles. The molecule has 7 rings (SSSR count). The van der Waals surface area contributed by atoms with Gasteiger partial charge in [0.2, 0.25) is 17.7 Å². The SMILES string of the molecule is CCCCCCCCCCCCCCC(=O)N[C@@H]1CN(C(=O)c2ccc(C(=O)N3C[C@@H](C(=O)N[C@H]4C[C@@H]4c4ccccc4)[C@H](C(=O)N[C@H]4C[C@@H]4c4ccccc4)C3)cc2)C[C@@H]1OC. The van der Waals surface area contributed by atoms with Crippen molar-refractivity contribution in [2.24, 2.45) is 11.8 Å². The van der Waals surface area contributed by atoms with Crippen LogP contribution in [-0.2, 0) is 19.1 Å². The molecule has 2 saturated heterocycles. The van der Waals surface area contributed by atoms with Crippen molar-refractivity contribution >= 4 is 29.5 Å². The van der Waals surface area contributed by atoms with Crippen molar-refractivity contribution < 1.29 is 28.7 Å². The van der Waals surface area contributed by atoms with Crippen LogP contribution in [0.5, 0.6) is 0 Å². The fourth-order valence-electron chi connectivity index (χ4n) is 9.77. The van der Waals surface area contributed by atoms with Crippen molar-refractivity contribution in [3.63, 3.8) is 0 Å². The maximum absolute atomic E-state index is 14.0. The average molecular weight is 860 g/mol. The van der Waals surface area contributed by atoms with Crippen LogP contribution in [0.3, 0.4) is 0 Å². The Bertz CT molecular complexity index is 1900. The van der Waals surface area contributed by atoms with Gasteiger partial charge < -0.3 is 30.5 Å². The van der Waals surface area contributed by atoms with E-state index in [4.69, 9.17) is 4.74 Å². The first-order chi connectivity index (χ1) is 30.7. The van der Waals surface area contributed by atoms with Gasteiger partial charge in [-0.05, 0) is 54.7 Å². The number of nitrogens with zero attached hydrogens (tertiary/aromatic N) is 2. The maximum atomic E-state index is 14.0. The summed E-state index contributed by atoms with van der Waals surface area (Å²) in [6, 6.07) is 26.5. The molecule has 11 nitrogen and oxygen atoms in total. The van der Waals surface area contributed by atoms with Crippen LogP contribution < -0.4 is 16.0 Å². The van der Waals surface area contributed by atoms with Crippen LogP contribution in [0.1, 0.15) is 147 Å². The molecule has 3 N–H and O–H groups in total. The van der Waals surface area contributed by atoms with E-state index in [0.29, 0.717) is 30.6 Å². The van der Waals surface area contributed by atoms with Crippen molar-refractivity contribution in [2.75, 3.05) is 33.3 Å². The molecule has 4 fully saturated rings. The molecule has 2 aliphatic carbocycles. The zero-order valence-corrected chi connectivity index (χ0v) is 37.5. The number of benzene rings is 3. The standard InChI is InChI=1S/C52H69N5O6/c1-3-4-5-6-7-8-9-10-11-12-13-20-25-48(58)53-46-34-57(35-47(46)63-2)52(62)39-28-26-38(27-29-39)51(61)56-32-42(49(59)54-44-30-40(44)36-21-16-14-17-22-36)43(33-56)50(60)55-45-31-41(45)37-23-18-15-19-24-37/h14-19,21-24,26-29,40-47H,3-13,20,25,30-35H2,1-2H3,(H,53,58)(H,54,59)(H,55,60)/t40-,41-,42-,43-,44+,45+,46-,47+/m1/s1. The topological polar surface area (TPSA) is 137 Å². The van der Waals surface area contributed by atoms with Crippen LogP contribution in [0.4, 0.5) is 0 Å². The highest BCUT2D eigenvalue weighted by molar-refractivity contribution is 5.99. The number of carbonyl (C=O) groups excluding carboxylic acids is 5. The maximum Gasteiger partial charge on any atom is 0.254 e. The van der Waals surface area contributed by atoms with E-state index in [2.05, 4.69) is 47.1 Å². The Morgan fingerprint density at radius 2 is 0.952 bits per heavy atom. The molecule has 0 aromatic heterocycles. The molecular formula is C52H69N5O6. The van der Waals surface area contributed by atoms with E-state index in [9.17, 15) is 24.0 Å². The Kier molecular flexibility index (Phi) is 16.5. The first-order valence-corrected chi connectivity index (χ1v) is 24.0. The monoisotopic (exact) mass is 860 g/mol. The normalized spacial score (nSPS) is 24.8. The highest BCUT2D eigenvalue weighted by Gasteiger charge is 2.49. The first kappa shape index (κ1) is 46.0. The van der Waals surface area contributed by atoms with E-state index in [1.165, 1.54) is 68.9 Å². The molecule has 3 aromatic carbocycles.